The third-order valence-corrected chi connectivity index (χ3v) is 3.99. The molecule has 1 aliphatic rings. The fourth-order valence-corrected chi connectivity index (χ4v) is 2.56. The van der Waals surface area contributed by atoms with Crippen molar-refractivity contribution in [1.82, 2.24) is 20.4 Å². The Hall–Kier alpha value is -2.32. The van der Waals surface area contributed by atoms with E-state index >= 15 is 0 Å². The van der Waals surface area contributed by atoms with Crippen molar-refractivity contribution in [3.63, 3.8) is 0 Å². The van der Waals surface area contributed by atoms with E-state index in [-0.39, 0.29) is 18.1 Å². The highest BCUT2D eigenvalue weighted by atomic mass is 19.1. The Bertz CT molecular complexity index is 683. The zero-order valence-corrected chi connectivity index (χ0v) is 13.9. The highest BCUT2D eigenvalue weighted by molar-refractivity contribution is 5.76. The van der Waals surface area contributed by atoms with Gasteiger partial charge in [0.2, 0.25) is 17.6 Å². The van der Waals surface area contributed by atoms with Crippen LogP contribution >= 0.6 is 0 Å². The van der Waals surface area contributed by atoms with E-state index in [2.05, 4.69) is 20.4 Å². The number of amides is 1. The summed E-state index contributed by atoms with van der Waals surface area (Å²) in [6.45, 7) is 4.75. The number of hydrogen-bond donors (Lipinski definition) is 1. The molecule has 7 nitrogen and oxygen atoms in total. The number of ether oxygens (including phenoxy) is 1. The van der Waals surface area contributed by atoms with Crippen LogP contribution in [0.3, 0.4) is 0 Å². The van der Waals surface area contributed by atoms with Crippen molar-refractivity contribution in [2.45, 2.75) is 12.8 Å². The average Bonchev–Trinajstić information content (AvgIpc) is 3.10. The standard InChI is InChI=1S/C17H21FN4O3/c18-14-3-1-13(2-4-14)17-20-16(25-21-17)6-5-15(23)19-7-8-22-9-11-24-12-10-22/h1-4H,5-12H2,(H,19,23). The Kier molecular flexibility index (Phi) is 6.08. The number of carbonyl (C=O) groups is 1. The second-order valence-electron chi connectivity index (χ2n) is 5.82. The number of morpholine rings is 1. The third-order valence-electron chi connectivity index (χ3n) is 3.99. The molecule has 3 rings (SSSR count). The van der Waals surface area contributed by atoms with Gasteiger partial charge in [0.25, 0.3) is 0 Å². The molecule has 1 aliphatic heterocycles. The molecule has 0 saturated carbocycles. The Morgan fingerprint density at radius 1 is 1.24 bits per heavy atom. The van der Waals surface area contributed by atoms with E-state index in [1.54, 1.807) is 12.1 Å². The van der Waals surface area contributed by atoms with Gasteiger partial charge < -0.3 is 14.6 Å². The number of nitrogens with one attached hydrogen (secondary N) is 1. The van der Waals surface area contributed by atoms with Crippen LogP contribution in [0.15, 0.2) is 28.8 Å². The molecular formula is C17H21FN4O3. The van der Waals surface area contributed by atoms with Crippen LogP contribution in [0.4, 0.5) is 4.39 Å². The summed E-state index contributed by atoms with van der Waals surface area (Å²) in [4.78, 5) is 18.4. The maximum Gasteiger partial charge on any atom is 0.227 e. The van der Waals surface area contributed by atoms with Crippen LogP contribution < -0.4 is 5.32 Å². The van der Waals surface area contributed by atoms with Gasteiger partial charge in [0, 0.05) is 44.6 Å². The summed E-state index contributed by atoms with van der Waals surface area (Å²) in [6, 6.07) is 5.85. The minimum Gasteiger partial charge on any atom is -0.379 e. The molecule has 1 fully saturated rings. The summed E-state index contributed by atoms with van der Waals surface area (Å²) < 4.78 is 23.3. The number of hydrogen-bond acceptors (Lipinski definition) is 6. The first-order valence-electron chi connectivity index (χ1n) is 8.36. The van der Waals surface area contributed by atoms with E-state index in [1.807, 2.05) is 0 Å². The second kappa shape index (κ2) is 8.68. The SMILES string of the molecule is O=C(CCc1nc(-c2ccc(F)cc2)no1)NCCN1CCOCC1. The predicted octanol–water partition coefficient (Wildman–Crippen LogP) is 1.26. The van der Waals surface area contributed by atoms with Crippen LogP contribution in [0.1, 0.15) is 12.3 Å². The van der Waals surface area contributed by atoms with Gasteiger partial charge in [-0.15, -0.1) is 0 Å². The number of halogens is 1. The number of nitrogens with zero attached hydrogens (tertiary/aromatic N) is 3. The Labute approximate surface area is 145 Å². The van der Waals surface area contributed by atoms with E-state index < -0.39 is 0 Å². The molecule has 8 heteroatoms. The van der Waals surface area contributed by atoms with Gasteiger partial charge in [0.15, 0.2) is 0 Å². The Morgan fingerprint density at radius 2 is 2.00 bits per heavy atom. The molecule has 134 valence electrons. The number of aromatic nitrogens is 2. The molecule has 1 amide bonds. The van der Waals surface area contributed by atoms with E-state index in [0.29, 0.717) is 30.2 Å². The monoisotopic (exact) mass is 348 g/mol. The molecule has 0 aliphatic carbocycles. The zero-order chi connectivity index (χ0) is 17.5. The maximum atomic E-state index is 12.9. The molecular weight excluding hydrogens is 327 g/mol. The minimum absolute atomic E-state index is 0.0465. The van der Waals surface area contributed by atoms with Crippen molar-refractivity contribution in [2.24, 2.45) is 0 Å². The number of aryl methyl sites for hydroxylation is 1. The first kappa shape index (κ1) is 17.5. The van der Waals surface area contributed by atoms with Gasteiger partial charge in [0.1, 0.15) is 5.82 Å². The molecule has 25 heavy (non-hydrogen) atoms. The van der Waals surface area contributed by atoms with Crippen molar-refractivity contribution < 1.29 is 18.4 Å². The number of benzene rings is 1. The summed E-state index contributed by atoms with van der Waals surface area (Å²) in [5.74, 6) is 0.418. The molecule has 0 spiro atoms. The van der Waals surface area contributed by atoms with Crippen LogP contribution in [0.2, 0.25) is 0 Å². The van der Waals surface area contributed by atoms with Crippen molar-refractivity contribution in [1.29, 1.82) is 0 Å². The van der Waals surface area contributed by atoms with Crippen LogP contribution in [0, 0.1) is 5.82 Å². The van der Waals surface area contributed by atoms with Crippen LogP contribution in [0.5, 0.6) is 0 Å². The second-order valence-corrected chi connectivity index (χ2v) is 5.82. The van der Waals surface area contributed by atoms with E-state index in [0.717, 1.165) is 32.8 Å². The number of carbonyl (C=O) groups excluding carboxylic acids is 1. The fourth-order valence-electron chi connectivity index (χ4n) is 2.56. The van der Waals surface area contributed by atoms with Gasteiger partial charge in [-0.1, -0.05) is 5.16 Å². The van der Waals surface area contributed by atoms with Crippen molar-refractivity contribution >= 4 is 5.91 Å². The Balaban J connectivity index is 1.39. The first-order chi connectivity index (χ1) is 12.2. The lowest BCUT2D eigenvalue weighted by atomic mass is 10.2. The largest absolute Gasteiger partial charge is 0.379 e. The van der Waals surface area contributed by atoms with Crippen molar-refractivity contribution in [3.8, 4) is 11.4 Å². The normalized spacial score (nSPS) is 15.2. The Morgan fingerprint density at radius 3 is 2.76 bits per heavy atom. The summed E-state index contributed by atoms with van der Waals surface area (Å²) in [7, 11) is 0. The van der Waals surface area contributed by atoms with Gasteiger partial charge in [0.05, 0.1) is 13.2 Å². The molecule has 1 aromatic carbocycles. The third kappa shape index (κ3) is 5.33. The lowest BCUT2D eigenvalue weighted by Crippen LogP contribution is -2.41. The summed E-state index contributed by atoms with van der Waals surface area (Å²) in [5.41, 5.74) is 0.673. The molecule has 0 unspecified atom stereocenters. The summed E-state index contributed by atoms with van der Waals surface area (Å²) in [6.07, 6.45) is 0.658. The fraction of sp³-hybridized carbons (Fsp3) is 0.471. The molecule has 1 saturated heterocycles. The van der Waals surface area contributed by atoms with Crippen molar-refractivity contribution in [3.05, 3.63) is 36.0 Å². The van der Waals surface area contributed by atoms with Crippen LogP contribution in [-0.4, -0.2) is 60.3 Å². The molecule has 1 aromatic heterocycles. The summed E-state index contributed by atoms with van der Waals surface area (Å²) in [5, 5.41) is 6.75. The predicted molar refractivity (Wildman–Crippen MR) is 88.3 cm³/mol. The van der Waals surface area contributed by atoms with Gasteiger partial charge >= 0.3 is 0 Å². The molecule has 0 radical (unpaired) electrons. The minimum atomic E-state index is -0.318. The van der Waals surface area contributed by atoms with E-state index in [4.69, 9.17) is 9.26 Å². The molecule has 0 atom stereocenters. The van der Waals surface area contributed by atoms with E-state index in [1.165, 1.54) is 12.1 Å². The van der Waals surface area contributed by atoms with Crippen LogP contribution in [0.25, 0.3) is 11.4 Å². The molecule has 2 heterocycles. The summed E-state index contributed by atoms with van der Waals surface area (Å²) >= 11 is 0. The number of rotatable bonds is 7. The zero-order valence-electron chi connectivity index (χ0n) is 13.9. The van der Waals surface area contributed by atoms with Gasteiger partial charge in [-0.25, -0.2) is 4.39 Å². The van der Waals surface area contributed by atoms with Gasteiger partial charge in [-0.2, -0.15) is 4.98 Å². The quantitative estimate of drug-likeness (QED) is 0.811. The van der Waals surface area contributed by atoms with Gasteiger partial charge in [-0.3, -0.25) is 9.69 Å². The lowest BCUT2D eigenvalue weighted by molar-refractivity contribution is -0.121. The molecule has 1 N–H and O–H groups in total. The smallest absolute Gasteiger partial charge is 0.227 e. The van der Waals surface area contributed by atoms with Crippen LogP contribution in [-0.2, 0) is 16.0 Å². The highest BCUT2D eigenvalue weighted by Crippen LogP contribution is 2.16. The topological polar surface area (TPSA) is 80.5 Å². The highest BCUT2D eigenvalue weighted by Gasteiger charge is 2.12. The average molecular weight is 348 g/mol. The maximum absolute atomic E-state index is 12.9. The molecule has 2 aromatic rings. The molecule has 0 bridgehead atoms. The van der Waals surface area contributed by atoms with Gasteiger partial charge in [-0.05, 0) is 24.3 Å². The lowest BCUT2D eigenvalue weighted by Gasteiger charge is -2.26. The first-order valence-corrected chi connectivity index (χ1v) is 8.36. The van der Waals surface area contributed by atoms with E-state index in [9.17, 15) is 9.18 Å². The van der Waals surface area contributed by atoms with Crippen molar-refractivity contribution in [2.75, 3.05) is 39.4 Å².